The summed E-state index contributed by atoms with van der Waals surface area (Å²) >= 11 is 0. The topological polar surface area (TPSA) is 53.6 Å². The van der Waals surface area contributed by atoms with E-state index in [0.717, 1.165) is 49.7 Å². The van der Waals surface area contributed by atoms with Crippen molar-refractivity contribution in [3.05, 3.63) is 23.8 Å². The number of nitrogens with zero attached hydrogens (tertiary/aromatic N) is 1. The summed E-state index contributed by atoms with van der Waals surface area (Å²) in [6.07, 6.45) is 0.676. The monoisotopic (exact) mass is 263 g/mol. The lowest BCUT2D eigenvalue weighted by Gasteiger charge is -2.27. The van der Waals surface area contributed by atoms with Gasteiger partial charge in [0, 0.05) is 44.5 Å². The lowest BCUT2D eigenvalue weighted by Crippen LogP contribution is -2.44. The van der Waals surface area contributed by atoms with E-state index in [9.17, 15) is 4.79 Å². The Morgan fingerprint density at radius 2 is 2.21 bits per heavy atom. The van der Waals surface area contributed by atoms with Crippen LogP contribution in [0.3, 0.4) is 0 Å². The second-order valence-corrected chi connectivity index (χ2v) is 4.68. The van der Waals surface area contributed by atoms with Crippen molar-refractivity contribution in [2.24, 2.45) is 0 Å². The highest BCUT2D eigenvalue weighted by Crippen LogP contribution is 2.22. The number of rotatable bonds is 6. The van der Waals surface area contributed by atoms with Crippen LogP contribution in [-0.2, 0) is 4.79 Å². The zero-order chi connectivity index (χ0) is 13.5. The molecular weight excluding hydrogens is 242 g/mol. The summed E-state index contributed by atoms with van der Waals surface area (Å²) < 4.78 is 5.81. The standard InChI is InChI=1S/C14H21N3O2/c1-12-2-3-13(16-11-18)10-14(12)19-9-8-17-6-4-15-5-7-17/h2-3,10-11,15H,4-9H2,1H3,(H,16,18). The third-order valence-electron chi connectivity index (χ3n) is 3.29. The molecular formula is C14H21N3O2. The quantitative estimate of drug-likeness (QED) is 0.747. The number of piperazine rings is 1. The Morgan fingerprint density at radius 1 is 1.42 bits per heavy atom. The summed E-state index contributed by atoms with van der Waals surface area (Å²) in [5.41, 5.74) is 1.84. The van der Waals surface area contributed by atoms with Crippen molar-refractivity contribution in [3.8, 4) is 5.75 Å². The molecule has 19 heavy (non-hydrogen) atoms. The maximum atomic E-state index is 10.4. The second-order valence-electron chi connectivity index (χ2n) is 4.68. The first kappa shape index (κ1) is 13.8. The highest BCUT2D eigenvalue weighted by Gasteiger charge is 2.09. The van der Waals surface area contributed by atoms with Crippen molar-refractivity contribution in [1.82, 2.24) is 10.2 Å². The van der Waals surface area contributed by atoms with E-state index in [4.69, 9.17) is 4.74 Å². The third-order valence-corrected chi connectivity index (χ3v) is 3.29. The summed E-state index contributed by atoms with van der Waals surface area (Å²) in [4.78, 5) is 12.8. The number of ether oxygens (including phenoxy) is 1. The molecule has 1 aliphatic heterocycles. The smallest absolute Gasteiger partial charge is 0.211 e. The molecule has 0 radical (unpaired) electrons. The number of anilines is 1. The average Bonchev–Trinajstić information content (AvgIpc) is 2.44. The van der Waals surface area contributed by atoms with Gasteiger partial charge in [0.1, 0.15) is 12.4 Å². The van der Waals surface area contributed by atoms with Crippen LogP contribution in [0.5, 0.6) is 5.75 Å². The highest BCUT2D eigenvalue weighted by molar-refractivity contribution is 5.72. The van der Waals surface area contributed by atoms with Gasteiger partial charge < -0.3 is 15.4 Å². The van der Waals surface area contributed by atoms with Crippen LogP contribution in [0.15, 0.2) is 18.2 Å². The Labute approximate surface area is 113 Å². The summed E-state index contributed by atoms with van der Waals surface area (Å²) in [5, 5.41) is 5.97. The van der Waals surface area contributed by atoms with Gasteiger partial charge in [0.25, 0.3) is 0 Å². The lowest BCUT2D eigenvalue weighted by atomic mass is 10.2. The van der Waals surface area contributed by atoms with Crippen molar-refractivity contribution in [2.45, 2.75) is 6.92 Å². The maximum Gasteiger partial charge on any atom is 0.211 e. The van der Waals surface area contributed by atoms with Gasteiger partial charge in [0.05, 0.1) is 0 Å². The lowest BCUT2D eigenvalue weighted by molar-refractivity contribution is -0.105. The number of benzene rings is 1. The molecule has 1 heterocycles. The normalized spacial score (nSPS) is 16.1. The van der Waals surface area contributed by atoms with Crippen LogP contribution in [0.2, 0.25) is 0 Å². The molecule has 1 fully saturated rings. The molecule has 5 heteroatoms. The first-order valence-electron chi connectivity index (χ1n) is 6.66. The fourth-order valence-corrected chi connectivity index (χ4v) is 2.13. The van der Waals surface area contributed by atoms with Crippen LogP contribution in [0.1, 0.15) is 5.56 Å². The molecule has 1 aliphatic rings. The number of carbonyl (C=O) groups is 1. The highest BCUT2D eigenvalue weighted by atomic mass is 16.5. The molecule has 1 aromatic carbocycles. The average molecular weight is 263 g/mol. The molecule has 2 rings (SSSR count). The number of nitrogens with one attached hydrogen (secondary N) is 2. The number of hydrogen-bond donors (Lipinski definition) is 2. The minimum atomic E-state index is 0.672. The van der Waals surface area contributed by atoms with E-state index in [-0.39, 0.29) is 0 Å². The van der Waals surface area contributed by atoms with Gasteiger partial charge in [-0.2, -0.15) is 0 Å². The molecule has 0 unspecified atom stereocenters. The Balaban J connectivity index is 1.83. The second kappa shape index (κ2) is 7.11. The molecule has 0 saturated carbocycles. The minimum Gasteiger partial charge on any atom is -0.492 e. The Hall–Kier alpha value is -1.59. The number of amides is 1. The molecule has 104 valence electrons. The van der Waals surface area contributed by atoms with E-state index in [1.807, 2.05) is 25.1 Å². The predicted molar refractivity (Wildman–Crippen MR) is 75.7 cm³/mol. The molecule has 1 amide bonds. The molecule has 0 aromatic heterocycles. The van der Waals surface area contributed by atoms with Gasteiger partial charge >= 0.3 is 0 Å². The zero-order valence-corrected chi connectivity index (χ0v) is 11.3. The minimum absolute atomic E-state index is 0.672. The predicted octanol–water partition coefficient (Wildman–Crippen LogP) is 0.847. The van der Waals surface area contributed by atoms with Crippen LogP contribution in [-0.4, -0.2) is 50.6 Å². The summed E-state index contributed by atoms with van der Waals surface area (Å²) in [7, 11) is 0. The van der Waals surface area contributed by atoms with Crippen molar-refractivity contribution >= 4 is 12.1 Å². The van der Waals surface area contributed by atoms with E-state index < -0.39 is 0 Å². The SMILES string of the molecule is Cc1ccc(NC=O)cc1OCCN1CCNCC1. The van der Waals surface area contributed by atoms with Gasteiger partial charge in [-0.05, 0) is 18.6 Å². The Bertz CT molecular complexity index is 417. The molecule has 1 saturated heterocycles. The Morgan fingerprint density at radius 3 is 2.95 bits per heavy atom. The summed E-state index contributed by atoms with van der Waals surface area (Å²) in [5.74, 6) is 0.835. The van der Waals surface area contributed by atoms with Gasteiger partial charge in [0.15, 0.2) is 0 Å². The molecule has 0 aliphatic carbocycles. The first-order valence-corrected chi connectivity index (χ1v) is 6.66. The largest absolute Gasteiger partial charge is 0.492 e. The third kappa shape index (κ3) is 4.22. The van der Waals surface area contributed by atoms with Crippen molar-refractivity contribution in [2.75, 3.05) is 44.6 Å². The van der Waals surface area contributed by atoms with Gasteiger partial charge in [-0.3, -0.25) is 9.69 Å². The molecule has 0 spiro atoms. The van der Waals surface area contributed by atoms with E-state index in [1.54, 1.807) is 0 Å². The molecule has 0 bridgehead atoms. The van der Waals surface area contributed by atoms with Crippen molar-refractivity contribution in [1.29, 1.82) is 0 Å². The van der Waals surface area contributed by atoms with Gasteiger partial charge in [-0.15, -0.1) is 0 Å². The maximum absolute atomic E-state index is 10.4. The fourth-order valence-electron chi connectivity index (χ4n) is 2.13. The zero-order valence-electron chi connectivity index (χ0n) is 11.3. The molecule has 1 aromatic rings. The van der Waals surface area contributed by atoms with E-state index in [0.29, 0.717) is 13.0 Å². The van der Waals surface area contributed by atoms with Gasteiger partial charge in [-0.1, -0.05) is 6.07 Å². The van der Waals surface area contributed by atoms with Crippen LogP contribution < -0.4 is 15.4 Å². The fraction of sp³-hybridized carbons (Fsp3) is 0.500. The van der Waals surface area contributed by atoms with Crippen molar-refractivity contribution < 1.29 is 9.53 Å². The number of aryl methyl sites for hydroxylation is 1. The molecule has 0 atom stereocenters. The number of carbonyl (C=O) groups excluding carboxylic acids is 1. The van der Waals surface area contributed by atoms with E-state index >= 15 is 0 Å². The van der Waals surface area contributed by atoms with Gasteiger partial charge in [-0.25, -0.2) is 0 Å². The van der Waals surface area contributed by atoms with Crippen LogP contribution in [0.4, 0.5) is 5.69 Å². The summed E-state index contributed by atoms with van der Waals surface area (Å²) in [6, 6.07) is 5.68. The Kier molecular flexibility index (Phi) is 5.18. The van der Waals surface area contributed by atoms with Crippen molar-refractivity contribution in [3.63, 3.8) is 0 Å². The van der Waals surface area contributed by atoms with E-state index in [1.165, 1.54) is 0 Å². The van der Waals surface area contributed by atoms with Gasteiger partial charge in [0.2, 0.25) is 6.41 Å². The first-order chi connectivity index (χ1) is 9.29. The molecule has 2 N–H and O–H groups in total. The van der Waals surface area contributed by atoms with E-state index in [2.05, 4.69) is 15.5 Å². The van der Waals surface area contributed by atoms with Crippen LogP contribution in [0.25, 0.3) is 0 Å². The van der Waals surface area contributed by atoms with Crippen LogP contribution >= 0.6 is 0 Å². The number of hydrogen-bond acceptors (Lipinski definition) is 4. The molecule has 5 nitrogen and oxygen atoms in total. The van der Waals surface area contributed by atoms with Crippen LogP contribution in [0, 0.1) is 6.92 Å². The summed E-state index contributed by atoms with van der Waals surface area (Å²) in [6.45, 7) is 7.88.